The Hall–Kier alpha value is -0.730. The van der Waals surface area contributed by atoms with Crippen LogP contribution >= 0.6 is 11.6 Å². The summed E-state index contributed by atoms with van der Waals surface area (Å²) in [5.74, 6) is 1.59. The standard InChI is InChI=1S/C16H21ClO2/c17-12-6-7-16-14(9-12)15(18)10-13(19-16)8-11-4-2-1-3-5-11/h6-7,9,11,13,15,18H,1-5,8,10H2. The highest BCUT2D eigenvalue weighted by Crippen LogP contribution is 2.39. The molecule has 0 radical (unpaired) electrons. The van der Waals surface area contributed by atoms with Crippen molar-refractivity contribution in [2.45, 2.75) is 57.2 Å². The first-order chi connectivity index (χ1) is 9.22. The molecule has 2 aliphatic rings. The van der Waals surface area contributed by atoms with Gasteiger partial charge in [0.25, 0.3) is 0 Å². The van der Waals surface area contributed by atoms with Crippen molar-refractivity contribution in [2.24, 2.45) is 5.92 Å². The maximum Gasteiger partial charge on any atom is 0.125 e. The molecular weight excluding hydrogens is 260 g/mol. The molecule has 2 nitrogen and oxygen atoms in total. The van der Waals surface area contributed by atoms with E-state index in [9.17, 15) is 5.11 Å². The second kappa shape index (κ2) is 5.72. The Bertz CT molecular complexity index is 440. The SMILES string of the molecule is OC1CC(CC2CCCCC2)Oc2ccc(Cl)cc21. The zero-order valence-electron chi connectivity index (χ0n) is 11.1. The molecule has 104 valence electrons. The molecule has 1 aliphatic carbocycles. The molecule has 1 saturated carbocycles. The van der Waals surface area contributed by atoms with Gasteiger partial charge in [-0.15, -0.1) is 0 Å². The minimum atomic E-state index is -0.434. The number of hydrogen-bond acceptors (Lipinski definition) is 2. The van der Waals surface area contributed by atoms with Crippen LogP contribution in [-0.4, -0.2) is 11.2 Å². The van der Waals surface area contributed by atoms with Crippen molar-refractivity contribution < 1.29 is 9.84 Å². The van der Waals surface area contributed by atoms with Crippen LogP contribution in [0.25, 0.3) is 0 Å². The van der Waals surface area contributed by atoms with Gasteiger partial charge < -0.3 is 9.84 Å². The lowest BCUT2D eigenvalue weighted by atomic mass is 9.83. The molecule has 19 heavy (non-hydrogen) atoms. The Morgan fingerprint density at radius 1 is 1.21 bits per heavy atom. The van der Waals surface area contributed by atoms with Gasteiger partial charge in [0.2, 0.25) is 0 Å². The number of hydrogen-bond donors (Lipinski definition) is 1. The molecule has 1 N–H and O–H groups in total. The van der Waals surface area contributed by atoms with Crippen LogP contribution in [0.1, 0.15) is 56.6 Å². The molecule has 0 saturated heterocycles. The van der Waals surface area contributed by atoms with E-state index in [0.29, 0.717) is 11.4 Å². The zero-order chi connectivity index (χ0) is 13.2. The molecule has 2 unspecified atom stereocenters. The number of aliphatic hydroxyl groups is 1. The van der Waals surface area contributed by atoms with E-state index in [4.69, 9.17) is 16.3 Å². The van der Waals surface area contributed by atoms with Crippen LogP contribution in [0.4, 0.5) is 0 Å². The molecule has 0 spiro atoms. The van der Waals surface area contributed by atoms with Gasteiger partial charge in [-0.2, -0.15) is 0 Å². The molecule has 1 aromatic carbocycles. The Kier molecular flexibility index (Phi) is 3.99. The molecule has 3 heteroatoms. The first-order valence-corrected chi connectivity index (χ1v) is 7.74. The van der Waals surface area contributed by atoms with Crippen molar-refractivity contribution in [3.05, 3.63) is 28.8 Å². The monoisotopic (exact) mass is 280 g/mol. The van der Waals surface area contributed by atoms with Crippen molar-refractivity contribution in [3.63, 3.8) is 0 Å². The molecule has 1 heterocycles. The molecular formula is C16H21ClO2. The molecule has 0 bridgehead atoms. The maximum atomic E-state index is 10.2. The van der Waals surface area contributed by atoms with E-state index in [1.807, 2.05) is 18.2 Å². The molecule has 1 aliphatic heterocycles. The summed E-state index contributed by atoms with van der Waals surface area (Å²) in [4.78, 5) is 0. The second-order valence-electron chi connectivity index (χ2n) is 5.91. The highest BCUT2D eigenvalue weighted by molar-refractivity contribution is 6.30. The zero-order valence-corrected chi connectivity index (χ0v) is 11.9. The van der Waals surface area contributed by atoms with Crippen LogP contribution in [0.15, 0.2) is 18.2 Å². The van der Waals surface area contributed by atoms with E-state index in [2.05, 4.69) is 0 Å². The van der Waals surface area contributed by atoms with Crippen LogP contribution < -0.4 is 4.74 Å². The van der Waals surface area contributed by atoms with Crippen molar-refractivity contribution in [3.8, 4) is 5.75 Å². The van der Waals surface area contributed by atoms with E-state index in [-0.39, 0.29) is 6.10 Å². The Morgan fingerprint density at radius 3 is 2.79 bits per heavy atom. The summed E-state index contributed by atoms with van der Waals surface area (Å²) in [6.45, 7) is 0. The highest BCUT2D eigenvalue weighted by atomic mass is 35.5. The van der Waals surface area contributed by atoms with Gasteiger partial charge in [0, 0.05) is 17.0 Å². The molecule has 0 aromatic heterocycles. The summed E-state index contributed by atoms with van der Waals surface area (Å²) in [5, 5.41) is 10.9. The van der Waals surface area contributed by atoms with Crippen LogP contribution in [0.3, 0.4) is 0 Å². The summed E-state index contributed by atoms with van der Waals surface area (Å²) in [7, 11) is 0. The van der Waals surface area contributed by atoms with E-state index >= 15 is 0 Å². The average molecular weight is 281 g/mol. The van der Waals surface area contributed by atoms with Crippen LogP contribution in [0.2, 0.25) is 5.02 Å². The van der Waals surface area contributed by atoms with Crippen molar-refractivity contribution in [2.75, 3.05) is 0 Å². The third-order valence-electron chi connectivity index (χ3n) is 4.43. The van der Waals surface area contributed by atoms with Crippen molar-refractivity contribution in [1.29, 1.82) is 0 Å². The van der Waals surface area contributed by atoms with E-state index in [1.165, 1.54) is 32.1 Å². The van der Waals surface area contributed by atoms with Crippen molar-refractivity contribution >= 4 is 11.6 Å². The summed E-state index contributed by atoms with van der Waals surface area (Å²) in [6, 6.07) is 5.53. The minimum absolute atomic E-state index is 0.159. The van der Waals surface area contributed by atoms with E-state index in [1.54, 1.807) is 0 Å². The summed E-state index contributed by atoms with van der Waals surface area (Å²) in [5.41, 5.74) is 0.840. The molecule has 2 atom stereocenters. The normalized spacial score (nSPS) is 27.7. The fourth-order valence-corrected chi connectivity index (χ4v) is 3.61. The van der Waals surface area contributed by atoms with Gasteiger partial charge in [-0.05, 0) is 30.5 Å². The summed E-state index contributed by atoms with van der Waals surface area (Å²) >= 11 is 5.97. The van der Waals surface area contributed by atoms with Crippen LogP contribution in [-0.2, 0) is 0 Å². The lowest BCUT2D eigenvalue weighted by Crippen LogP contribution is -2.28. The predicted octanol–water partition coefficient (Wildman–Crippen LogP) is 4.49. The Balaban J connectivity index is 1.68. The number of benzene rings is 1. The van der Waals surface area contributed by atoms with E-state index in [0.717, 1.165) is 23.7 Å². The van der Waals surface area contributed by atoms with Crippen LogP contribution in [0, 0.1) is 5.92 Å². The Labute approximate surface area is 119 Å². The minimum Gasteiger partial charge on any atom is -0.490 e. The molecule has 1 aromatic rings. The summed E-state index contributed by atoms with van der Waals surface area (Å²) in [6.07, 6.45) is 8.24. The first-order valence-electron chi connectivity index (χ1n) is 7.36. The topological polar surface area (TPSA) is 29.5 Å². The van der Waals surface area contributed by atoms with Gasteiger partial charge in [-0.3, -0.25) is 0 Å². The third kappa shape index (κ3) is 3.06. The van der Waals surface area contributed by atoms with Gasteiger partial charge in [-0.1, -0.05) is 43.7 Å². The largest absolute Gasteiger partial charge is 0.490 e. The fourth-order valence-electron chi connectivity index (χ4n) is 3.43. The molecule has 1 fully saturated rings. The number of fused-ring (bicyclic) bond motifs is 1. The number of ether oxygens (including phenoxy) is 1. The number of halogens is 1. The summed E-state index contributed by atoms with van der Waals surface area (Å²) < 4.78 is 6.04. The lowest BCUT2D eigenvalue weighted by Gasteiger charge is -2.33. The fraction of sp³-hybridized carbons (Fsp3) is 0.625. The maximum absolute atomic E-state index is 10.2. The number of rotatable bonds is 2. The van der Waals surface area contributed by atoms with Gasteiger partial charge in [0.1, 0.15) is 11.9 Å². The quantitative estimate of drug-likeness (QED) is 0.864. The van der Waals surface area contributed by atoms with E-state index < -0.39 is 6.10 Å². The van der Waals surface area contributed by atoms with Gasteiger partial charge in [0.05, 0.1) is 6.10 Å². The average Bonchev–Trinajstić information content (AvgIpc) is 2.41. The highest BCUT2D eigenvalue weighted by Gasteiger charge is 2.29. The second-order valence-corrected chi connectivity index (χ2v) is 6.35. The van der Waals surface area contributed by atoms with Crippen LogP contribution in [0.5, 0.6) is 5.75 Å². The predicted molar refractivity (Wildman–Crippen MR) is 76.6 cm³/mol. The lowest BCUT2D eigenvalue weighted by molar-refractivity contribution is 0.0494. The first kappa shape index (κ1) is 13.3. The third-order valence-corrected chi connectivity index (χ3v) is 4.67. The van der Waals surface area contributed by atoms with Crippen molar-refractivity contribution in [1.82, 2.24) is 0 Å². The Morgan fingerprint density at radius 2 is 2.00 bits per heavy atom. The number of aliphatic hydroxyl groups excluding tert-OH is 1. The smallest absolute Gasteiger partial charge is 0.125 e. The molecule has 3 rings (SSSR count). The van der Waals surface area contributed by atoms with Gasteiger partial charge in [-0.25, -0.2) is 0 Å². The molecule has 0 amide bonds. The van der Waals surface area contributed by atoms with Gasteiger partial charge >= 0.3 is 0 Å². The van der Waals surface area contributed by atoms with Gasteiger partial charge in [0.15, 0.2) is 0 Å².